The first-order valence-electron chi connectivity index (χ1n) is 2.11. The molecule has 1 aliphatic rings. The fourth-order valence-electron chi connectivity index (χ4n) is 0.369. The Morgan fingerprint density at radius 2 is 1.45 bits per heavy atom. The molecule has 0 aliphatic carbocycles. The standard InChI is InChI=1S/H3O8P3/c1-9-6-10(2,3)8-11(4,5)7-9/h9H,(H,2,3)(H,4,5). The maximum Gasteiger partial charge on any atom is 0.488 e. The van der Waals surface area contributed by atoms with Crippen LogP contribution in [0.3, 0.4) is 0 Å². The van der Waals surface area contributed by atoms with Crippen molar-refractivity contribution >= 4 is 23.9 Å². The molecule has 0 radical (unpaired) electrons. The molecule has 0 aromatic heterocycles. The van der Waals surface area contributed by atoms with E-state index in [0.29, 0.717) is 0 Å². The first kappa shape index (κ1) is 9.58. The van der Waals surface area contributed by atoms with Gasteiger partial charge >= 0.3 is 23.9 Å². The molecule has 1 aliphatic heterocycles. The zero-order chi connectivity index (χ0) is 8.70. The molecule has 2 atom stereocenters. The fourth-order valence-corrected chi connectivity index (χ4v) is 4.22. The first-order valence-corrected chi connectivity index (χ1v) is 6.32. The van der Waals surface area contributed by atoms with Crippen LogP contribution < -0.4 is 0 Å². The molecule has 0 amide bonds. The summed E-state index contributed by atoms with van der Waals surface area (Å²) in [6, 6.07) is 0. The SMILES string of the molecule is O=[PH]1OP(=O)(O)OP(=O)(O)O1. The molecule has 1 rings (SSSR count). The molecule has 2 N–H and O–H groups in total. The third-order valence-electron chi connectivity index (χ3n) is 0.586. The van der Waals surface area contributed by atoms with Crippen molar-refractivity contribution in [3.8, 4) is 0 Å². The van der Waals surface area contributed by atoms with Crippen molar-refractivity contribution in [1.82, 2.24) is 0 Å². The van der Waals surface area contributed by atoms with Crippen molar-refractivity contribution in [1.29, 1.82) is 0 Å². The predicted molar refractivity (Wildman–Crippen MR) is 31.9 cm³/mol. The van der Waals surface area contributed by atoms with E-state index in [1.54, 1.807) is 0 Å². The van der Waals surface area contributed by atoms with Crippen LogP contribution in [0.25, 0.3) is 0 Å². The van der Waals surface area contributed by atoms with E-state index in [-0.39, 0.29) is 0 Å². The van der Waals surface area contributed by atoms with Gasteiger partial charge in [-0.1, -0.05) is 0 Å². The van der Waals surface area contributed by atoms with E-state index >= 15 is 0 Å². The van der Waals surface area contributed by atoms with Gasteiger partial charge in [-0.15, -0.1) is 0 Å². The van der Waals surface area contributed by atoms with Gasteiger partial charge < -0.3 is 9.79 Å². The van der Waals surface area contributed by atoms with Gasteiger partial charge in [0, 0.05) is 0 Å². The summed E-state index contributed by atoms with van der Waals surface area (Å²) < 4.78 is 42.0. The molecule has 1 heterocycles. The smallest absolute Gasteiger partial charge is 0.302 e. The maximum absolute atomic E-state index is 10.4. The zero-order valence-electron chi connectivity index (χ0n) is 4.74. The van der Waals surface area contributed by atoms with E-state index in [4.69, 9.17) is 9.79 Å². The van der Waals surface area contributed by atoms with Crippen LogP contribution in [0.2, 0.25) is 0 Å². The van der Waals surface area contributed by atoms with Crippen molar-refractivity contribution in [3.05, 3.63) is 0 Å². The molecule has 66 valence electrons. The molecule has 8 nitrogen and oxygen atoms in total. The summed E-state index contributed by atoms with van der Waals surface area (Å²) in [4.78, 5) is 16.8. The summed E-state index contributed by atoms with van der Waals surface area (Å²) in [7, 11) is -12.7. The molecule has 0 aromatic carbocycles. The van der Waals surface area contributed by atoms with Crippen LogP contribution in [0.4, 0.5) is 0 Å². The molecular formula is H3O8P3. The second-order valence-electron chi connectivity index (χ2n) is 1.45. The Bertz CT molecular complexity index is 249. The molecule has 0 bridgehead atoms. The average molecular weight is 224 g/mol. The van der Waals surface area contributed by atoms with E-state index in [0.717, 1.165) is 0 Å². The number of hydrogen-bond donors (Lipinski definition) is 2. The van der Waals surface area contributed by atoms with Crippen LogP contribution in [0.5, 0.6) is 0 Å². The summed E-state index contributed by atoms with van der Waals surface area (Å²) in [5.41, 5.74) is 0. The van der Waals surface area contributed by atoms with Crippen LogP contribution in [-0.2, 0) is 26.6 Å². The van der Waals surface area contributed by atoms with E-state index in [1.807, 2.05) is 0 Å². The van der Waals surface area contributed by atoms with Crippen LogP contribution in [0, 0.1) is 0 Å². The minimum absolute atomic E-state index is 3.41. The summed E-state index contributed by atoms with van der Waals surface area (Å²) in [6.07, 6.45) is 0. The highest BCUT2D eigenvalue weighted by molar-refractivity contribution is 7.71. The van der Waals surface area contributed by atoms with Crippen LogP contribution in [0.15, 0.2) is 0 Å². The van der Waals surface area contributed by atoms with E-state index in [9.17, 15) is 13.7 Å². The van der Waals surface area contributed by atoms with Gasteiger partial charge in [-0.05, 0) is 0 Å². The molecule has 0 saturated carbocycles. The molecule has 0 aromatic rings. The molecule has 1 fully saturated rings. The van der Waals surface area contributed by atoms with Gasteiger partial charge in [0.2, 0.25) is 0 Å². The Kier molecular flexibility index (Phi) is 2.41. The van der Waals surface area contributed by atoms with Gasteiger partial charge in [-0.3, -0.25) is 4.57 Å². The van der Waals surface area contributed by atoms with Gasteiger partial charge in [0.1, 0.15) is 0 Å². The van der Waals surface area contributed by atoms with E-state index in [1.165, 1.54) is 0 Å². The maximum atomic E-state index is 10.4. The lowest BCUT2D eigenvalue weighted by Crippen LogP contribution is -1.96. The van der Waals surface area contributed by atoms with Gasteiger partial charge in [0.05, 0.1) is 0 Å². The normalized spacial score (nSPS) is 52.4. The van der Waals surface area contributed by atoms with Crippen LogP contribution in [-0.4, -0.2) is 9.79 Å². The molecule has 11 heteroatoms. The van der Waals surface area contributed by atoms with Crippen molar-refractivity contribution in [2.75, 3.05) is 0 Å². The van der Waals surface area contributed by atoms with E-state index < -0.39 is 23.9 Å². The number of rotatable bonds is 0. The fraction of sp³-hybridized carbons (Fsp3) is 0. The molecule has 0 spiro atoms. The largest absolute Gasteiger partial charge is 0.488 e. The van der Waals surface area contributed by atoms with Crippen molar-refractivity contribution in [2.45, 2.75) is 0 Å². The highest BCUT2D eigenvalue weighted by atomic mass is 31.3. The Balaban J connectivity index is 2.92. The van der Waals surface area contributed by atoms with Crippen LogP contribution in [0.1, 0.15) is 0 Å². The second-order valence-corrected chi connectivity index (χ2v) is 5.94. The zero-order valence-corrected chi connectivity index (χ0v) is 7.53. The highest BCUT2D eigenvalue weighted by Crippen LogP contribution is 2.72. The summed E-state index contributed by atoms with van der Waals surface area (Å²) in [5.74, 6) is 0. The summed E-state index contributed by atoms with van der Waals surface area (Å²) >= 11 is 0. The Labute approximate surface area is 61.3 Å². The van der Waals surface area contributed by atoms with Crippen LogP contribution >= 0.6 is 23.9 Å². The summed E-state index contributed by atoms with van der Waals surface area (Å²) in [5, 5.41) is 0. The first-order chi connectivity index (χ1) is 4.81. The highest BCUT2D eigenvalue weighted by Gasteiger charge is 2.44. The van der Waals surface area contributed by atoms with Crippen molar-refractivity contribution < 1.29 is 36.4 Å². The Morgan fingerprint density at radius 3 is 1.73 bits per heavy atom. The van der Waals surface area contributed by atoms with Gasteiger partial charge in [0.15, 0.2) is 0 Å². The van der Waals surface area contributed by atoms with Crippen molar-refractivity contribution in [3.63, 3.8) is 0 Å². The average Bonchev–Trinajstić information content (AvgIpc) is 1.49. The lowest BCUT2D eigenvalue weighted by atomic mass is 15.7. The quantitative estimate of drug-likeness (QED) is 0.575. The minimum atomic E-state index is -4.67. The third kappa shape index (κ3) is 2.78. The number of hydrogen-bond acceptors (Lipinski definition) is 6. The van der Waals surface area contributed by atoms with Gasteiger partial charge in [0.25, 0.3) is 0 Å². The molecule has 2 unspecified atom stereocenters. The molecule has 1 saturated heterocycles. The minimum Gasteiger partial charge on any atom is -0.302 e. The van der Waals surface area contributed by atoms with Crippen molar-refractivity contribution in [2.24, 2.45) is 0 Å². The Morgan fingerprint density at radius 1 is 1.09 bits per heavy atom. The monoisotopic (exact) mass is 224 g/mol. The summed E-state index contributed by atoms with van der Waals surface area (Å²) in [6.45, 7) is 0. The predicted octanol–water partition coefficient (Wildman–Crippen LogP) is 0.640. The molecular weight excluding hydrogens is 221 g/mol. The lowest BCUT2D eigenvalue weighted by Gasteiger charge is -2.19. The van der Waals surface area contributed by atoms with E-state index in [2.05, 4.69) is 12.9 Å². The number of phosphoric acid groups is 2. The third-order valence-corrected chi connectivity index (χ3v) is 5.28. The van der Waals surface area contributed by atoms with Gasteiger partial charge in [-0.2, -0.15) is 4.31 Å². The second kappa shape index (κ2) is 2.76. The lowest BCUT2D eigenvalue weighted by molar-refractivity contribution is 0.201. The van der Waals surface area contributed by atoms with Gasteiger partial charge in [-0.25, -0.2) is 17.8 Å². The Hall–Kier alpha value is 0.490. The molecule has 11 heavy (non-hydrogen) atoms. The topological polar surface area (TPSA) is 119 Å².